The van der Waals surface area contributed by atoms with Gasteiger partial charge in [-0.05, 0) is 82.9 Å². The fourth-order valence-electron chi connectivity index (χ4n) is 8.13. The lowest BCUT2D eigenvalue weighted by molar-refractivity contribution is 1.18. The van der Waals surface area contributed by atoms with Crippen molar-refractivity contribution in [1.29, 1.82) is 0 Å². The lowest BCUT2D eigenvalue weighted by Gasteiger charge is -2.12. The van der Waals surface area contributed by atoms with Crippen LogP contribution < -0.4 is 0 Å². The summed E-state index contributed by atoms with van der Waals surface area (Å²) in [6, 6.07) is 66.6. The van der Waals surface area contributed by atoms with E-state index in [1.165, 1.54) is 91.7 Å². The summed E-state index contributed by atoms with van der Waals surface area (Å²) in [5, 5.41) is 7.75. The smallest absolute Gasteiger partial charge is 0.0548 e. The minimum atomic E-state index is 1.16. The topological polar surface area (TPSA) is 9.86 Å². The molecule has 11 rings (SSSR count). The van der Waals surface area contributed by atoms with Gasteiger partial charge in [-0.15, -0.1) is 11.3 Å². The molecule has 0 fully saturated rings. The maximum absolute atomic E-state index is 2.46. The lowest BCUT2D eigenvalue weighted by Crippen LogP contribution is -1.95. The molecule has 0 bridgehead atoms. The number of aromatic nitrogens is 2. The number of hydrogen-bond acceptors (Lipinski definition) is 1. The van der Waals surface area contributed by atoms with Crippen molar-refractivity contribution in [3.8, 4) is 33.6 Å². The summed E-state index contributed by atoms with van der Waals surface area (Å²) in [6.07, 6.45) is 0. The highest BCUT2D eigenvalue weighted by Gasteiger charge is 2.17. The molecule has 0 spiro atoms. The molecular formula is C48H30N2S. The summed E-state index contributed by atoms with van der Waals surface area (Å²) < 4.78 is 7.49. The van der Waals surface area contributed by atoms with Gasteiger partial charge in [0.15, 0.2) is 0 Å². The highest BCUT2D eigenvalue weighted by Crippen LogP contribution is 2.42. The van der Waals surface area contributed by atoms with Crippen LogP contribution in [-0.4, -0.2) is 9.13 Å². The summed E-state index contributed by atoms with van der Waals surface area (Å²) >= 11 is 1.88. The standard InChI is InChI=1S/C48H30N2S/c1-2-10-31(11-3-1)34-22-27-39-41-30-48-42(40-14-6-9-17-47(40)51-48)29-46(41)50(45(39)28-34)36-25-20-33(21-26-36)32-18-23-35(24-19-32)49-43-15-7-4-12-37(43)38-13-5-8-16-44(38)49/h1-30H. The van der Waals surface area contributed by atoms with Crippen LogP contribution in [-0.2, 0) is 0 Å². The normalized spacial score (nSPS) is 11.9. The van der Waals surface area contributed by atoms with Gasteiger partial charge in [-0.2, -0.15) is 0 Å². The molecule has 0 aliphatic heterocycles. The Morgan fingerprint density at radius 3 is 1.43 bits per heavy atom. The molecular weight excluding hydrogens is 637 g/mol. The van der Waals surface area contributed by atoms with Crippen molar-refractivity contribution in [1.82, 2.24) is 9.13 Å². The molecule has 3 aromatic heterocycles. The Balaban J connectivity index is 1.05. The van der Waals surface area contributed by atoms with Crippen LogP contribution >= 0.6 is 11.3 Å². The van der Waals surface area contributed by atoms with Gasteiger partial charge in [0.05, 0.1) is 22.1 Å². The summed E-state index contributed by atoms with van der Waals surface area (Å²) in [5.74, 6) is 0. The molecule has 0 amide bonds. The third-order valence-corrected chi connectivity index (χ3v) is 11.7. The first-order valence-electron chi connectivity index (χ1n) is 17.4. The van der Waals surface area contributed by atoms with Gasteiger partial charge in [-0.1, -0.05) is 121 Å². The van der Waals surface area contributed by atoms with Gasteiger partial charge in [0.25, 0.3) is 0 Å². The van der Waals surface area contributed by atoms with Crippen LogP contribution in [0.2, 0.25) is 0 Å². The maximum atomic E-state index is 2.46. The van der Waals surface area contributed by atoms with Crippen molar-refractivity contribution in [2.75, 3.05) is 0 Å². The van der Waals surface area contributed by atoms with E-state index in [4.69, 9.17) is 0 Å². The Hall–Kier alpha value is -6.42. The SMILES string of the molecule is c1ccc(-c2ccc3c4cc5sc6ccccc6c5cc4n(-c4ccc(-c5ccc(-n6c7ccccc7c7ccccc76)cc5)cc4)c3c2)cc1. The number of para-hydroxylation sites is 2. The minimum Gasteiger partial charge on any atom is -0.309 e. The van der Waals surface area contributed by atoms with E-state index in [0.717, 1.165) is 5.69 Å². The van der Waals surface area contributed by atoms with Gasteiger partial charge < -0.3 is 9.13 Å². The van der Waals surface area contributed by atoms with Gasteiger partial charge >= 0.3 is 0 Å². The molecule has 2 nitrogen and oxygen atoms in total. The molecule has 0 unspecified atom stereocenters. The summed E-state index contributed by atoms with van der Waals surface area (Å²) in [5.41, 5.74) is 12.1. The summed E-state index contributed by atoms with van der Waals surface area (Å²) in [6.45, 7) is 0. The third-order valence-electron chi connectivity index (χ3n) is 10.5. The van der Waals surface area contributed by atoms with E-state index in [-0.39, 0.29) is 0 Å². The molecule has 0 atom stereocenters. The number of nitrogens with zero attached hydrogens (tertiary/aromatic N) is 2. The second-order valence-electron chi connectivity index (χ2n) is 13.4. The zero-order chi connectivity index (χ0) is 33.5. The first-order valence-corrected chi connectivity index (χ1v) is 18.2. The van der Waals surface area contributed by atoms with Crippen molar-refractivity contribution in [3.05, 3.63) is 182 Å². The molecule has 238 valence electrons. The molecule has 0 saturated heterocycles. The Bertz CT molecular complexity index is 3050. The van der Waals surface area contributed by atoms with Crippen LogP contribution in [0.3, 0.4) is 0 Å². The van der Waals surface area contributed by atoms with Crippen molar-refractivity contribution in [2.24, 2.45) is 0 Å². The fraction of sp³-hybridized carbons (Fsp3) is 0. The molecule has 3 heteroatoms. The van der Waals surface area contributed by atoms with Crippen molar-refractivity contribution >= 4 is 75.1 Å². The largest absolute Gasteiger partial charge is 0.309 e. The third kappa shape index (κ3) is 4.35. The number of hydrogen-bond donors (Lipinski definition) is 0. The molecule has 51 heavy (non-hydrogen) atoms. The first kappa shape index (κ1) is 28.4. The zero-order valence-electron chi connectivity index (χ0n) is 27.6. The van der Waals surface area contributed by atoms with Gasteiger partial charge in [-0.3, -0.25) is 0 Å². The highest BCUT2D eigenvalue weighted by atomic mass is 32.1. The van der Waals surface area contributed by atoms with E-state index in [9.17, 15) is 0 Å². The Morgan fingerprint density at radius 2 is 0.765 bits per heavy atom. The monoisotopic (exact) mass is 666 g/mol. The zero-order valence-corrected chi connectivity index (χ0v) is 28.4. The van der Waals surface area contributed by atoms with E-state index in [1.807, 2.05) is 11.3 Å². The van der Waals surface area contributed by atoms with Crippen LogP contribution in [0.5, 0.6) is 0 Å². The fourth-order valence-corrected chi connectivity index (χ4v) is 9.26. The molecule has 0 N–H and O–H groups in total. The van der Waals surface area contributed by atoms with Crippen molar-refractivity contribution in [2.45, 2.75) is 0 Å². The van der Waals surface area contributed by atoms with Gasteiger partial charge in [0.1, 0.15) is 0 Å². The predicted octanol–water partition coefficient (Wildman–Crippen LogP) is 13.6. The van der Waals surface area contributed by atoms with Gasteiger partial charge in [0, 0.05) is 53.1 Å². The maximum Gasteiger partial charge on any atom is 0.0548 e. The molecule has 11 aromatic rings. The summed E-state index contributed by atoms with van der Waals surface area (Å²) in [4.78, 5) is 0. The Morgan fingerprint density at radius 1 is 0.275 bits per heavy atom. The van der Waals surface area contributed by atoms with Crippen molar-refractivity contribution < 1.29 is 0 Å². The van der Waals surface area contributed by atoms with Crippen LogP contribution in [0, 0.1) is 0 Å². The minimum absolute atomic E-state index is 1.16. The Kier molecular flexibility index (Phi) is 6.16. The van der Waals surface area contributed by atoms with Crippen molar-refractivity contribution in [3.63, 3.8) is 0 Å². The van der Waals surface area contributed by atoms with Crippen LogP contribution in [0.1, 0.15) is 0 Å². The lowest BCUT2D eigenvalue weighted by atomic mass is 10.0. The molecule has 3 heterocycles. The van der Waals surface area contributed by atoms with Gasteiger partial charge in [0.2, 0.25) is 0 Å². The molecule has 0 radical (unpaired) electrons. The number of fused-ring (bicyclic) bond motifs is 9. The number of rotatable bonds is 4. The average molecular weight is 667 g/mol. The average Bonchev–Trinajstić information content (AvgIpc) is 3.84. The van der Waals surface area contributed by atoms with Gasteiger partial charge in [-0.25, -0.2) is 0 Å². The molecule has 0 aliphatic rings. The molecule has 0 saturated carbocycles. The van der Waals surface area contributed by atoms with E-state index in [2.05, 4.69) is 191 Å². The Labute approximate surface area is 298 Å². The van der Waals surface area contributed by atoms with E-state index in [1.54, 1.807) is 0 Å². The number of benzene rings is 8. The second kappa shape index (κ2) is 11.0. The van der Waals surface area contributed by atoms with Crippen LogP contribution in [0.4, 0.5) is 0 Å². The van der Waals surface area contributed by atoms with E-state index >= 15 is 0 Å². The number of thiophene rings is 1. The van der Waals surface area contributed by atoms with Crippen LogP contribution in [0.25, 0.3) is 97.4 Å². The van der Waals surface area contributed by atoms with E-state index in [0.29, 0.717) is 0 Å². The predicted molar refractivity (Wildman–Crippen MR) is 219 cm³/mol. The second-order valence-corrected chi connectivity index (χ2v) is 14.4. The molecule has 8 aromatic carbocycles. The summed E-state index contributed by atoms with van der Waals surface area (Å²) in [7, 11) is 0. The highest BCUT2D eigenvalue weighted by molar-refractivity contribution is 7.25. The van der Waals surface area contributed by atoms with Crippen LogP contribution in [0.15, 0.2) is 182 Å². The molecule has 0 aliphatic carbocycles. The first-order chi connectivity index (χ1) is 25.3. The van der Waals surface area contributed by atoms with E-state index < -0.39 is 0 Å². The quantitative estimate of drug-likeness (QED) is 0.177.